The molecule has 1 N–H and O–H groups in total. The summed E-state index contributed by atoms with van der Waals surface area (Å²) in [5.41, 5.74) is 2.44. The lowest BCUT2D eigenvalue weighted by molar-refractivity contribution is -0.121. The van der Waals surface area contributed by atoms with E-state index >= 15 is 0 Å². The zero-order chi connectivity index (χ0) is 11.8. The molecule has 1 amide bonds. The molecule has 0 aliphatic carbocycles. The molecular weight excluding hydrogens is 202 g/mol. The van der Waals surface area contributed by atoms with Crippen molar-refractivity contribution >= 4 is 5.91 Å². The van der Waals surface area contributed by atoms with Crippen LogP contribution >= 0.6 is 0 Å². The number of carbonyl (C=O) groups is 1. The number of hydrogen-bond acceptors (Lipinski definition) is 2. The van der Waals surface area contributed by atoms with Crippen LogP contribution in [0.5, 0.6) is 0 Å². The molecule has 0 aliphatic heterocycles. The predicted molar refractivity (Wildman–Crippen MR) is 64.4 cm³/mol. The number of hydrogen-bond donors (Lipinski definition) is 1. The van der Waals surface area contributed by atoms with E-state index in [1.165, 1.54) is 11.1 Å². The third-order valence-electron chi connectivity index (χ3n) is 2.35. The standard InChI is InChI=1S/C13H19NO2/c1-11-4-3-5-12(10-11)6-7-13(15)14-8-9-16-2/h3-5,10H,6-9H2,1-2H3,(H,14,15). The fourth-order valence-electron chi connectivity index (χ4n) is 1.51. The first-order chi connectivity index (χ1) is 7.72. The molecule has 0 atom stereocenters. The van der Waals surface area contributed by atoms with Gasteiger partial charge in [-0.3, -0.25) is 4.79 Å². The number of methoxy groups -OCH3 is 1. The molecular formula is C13H19NO2. The second kappa shape index (κ2) is 7.01. The minimum atomic E-state index is 0.0820. The van der Waals surface area contributed by atoms with Crippen molar-refractivity contribution < 1.29 is 9.53 Å². The summed E-state index contributed by atoms with van der Waals surface area (Å²) in [6.45, 7) is 3.21. The van der Waals surface area contributed by atoms with E-state index in [-0.39, 0.29) is 5.91 Å². The van der Waals surface area contributed by atoms with Crippen LogP contribution in [-0.2, 0) is 16.0 Å². The van der Waals surface area contributed by atoms with E-state index in [1.54, 1.807) is 7.11 Å². The molecule has 0 saturated carbocycles. The monoisotopic (exact) mass is 221 g/mol. The minimum Gasteiger partial charge on any atom is -0.383 e. The number of ether oxygens (including phenoxy) is 1. The van der Waals surface area contributed by atoms with Crippen LogP contribution in [0, 0.1) is 6.92 Å². The van der Waals surface area contributed by atoms with Gasteiger partial charge >= 0.3 is 0 Å². The quantitative estimate of drug-likeness (QED) is 0.742. The molecule has 0 spiro atoms. The van der Waals surface area contributed by atoms with E-state index in [9.17, 15) is 4.79 Å². The van der Waals surface area contributed by atoms with Gasteiger partial charge in [0.2, 0.25) is 5.91 Å². The van der Waals surface area contributed by atoms with Crippen molar-refractivity contribution in [2.75, 3.05) is 20.3 Å². The van der Waals surface area contributed by atoms with Crippen LogP contribution in [0.2, 0.25) is 0 Å². The van der Waals surface area contributed by atoms with Crippen LogP contribution in [-0.4, -0.2) is 26.2 Å². The van der Waals surface area contributed by atoms with Gasteiger partial charge in [-0.2, -0.15) is 0 Å². The van der Waals surface area contributed by atoms with Gasteiger partial charge < -0.3 is 10.1 Å². The largest absolute Gasteiger partial charge is 0.383 e. The zero-order valence-corrected chi connectivity index (χ0v) is 9.95. The molecule has 1 rings (SSSR count). The maximum absolute atomic E-state index is 11.4. The summed E-state index contributed by atoms with van der Waals surface area (Å²) in [6, 6.07) is 8.24. The summed E-state index contributed by atoms with van der Waals surface area (Å²) < 4.78 is 4.86. The average molecular weight is 221 g/mol. The Kier molecular flexibility index (Phi) is 5.57. The second-order valence-electron chi connectivity index (χ2n) is 3.83. The molecule has 1 aromatic rings. The summed E-state index contributed by atoms with van der Waals surface area (Å²) in [6.07, 6.45) is 1.33. The summed E-state index contributed by atoms with van der Waals surface area (Å²) >= 11 is 0. The molecule has 3 heteroatoms. The highest BCUT2D eigenvalue weighted by Crippen LogP contribution is 2.06. The van der Waals surface area contributed by atoms with Crippen LogP contribution in [0.4, 0.5) is 0 Å². The van der Waals surface area contributed by atoms with Gasteiger partial charge in [-0.15, -0.1) is 0 Å². The Balaban J connectivity index is 2.26. The number of rotatable bonds is 6. The SMILES string of the molecule is COCCNC(=O)CCc1cccc(C)c1. The minimum absolute atomic E-state index is 0.0820. The van der Waals surface area contributed by atoms with Crippen molar-refractivity contribution in [1.82, 2.24) is 5.32 Å². The summed E-state index contributed by atoms with van der Waals surface area (Å²) in [4.78, 5) is 11.4. The van der Waals surface area contributed by atoms with Gasteiger partial charge in [-0.1, -0.05) is 29.8 Å². The normalized spacial score (nSPS) is 10.1. The molecule has 0 bridgehead atoms. The highest BCUT2D eigenvalue weighted by Gasteiger charge is 2.01. The van der Waals surface area contributed by atoms with E-state index in [0.717, 1.165) is 6.42 Å². The molecule has 0 heterocycles. The van der Waals surface area contributed by atoms with Crippen molar-refractivity contribution in [3.63, 3.8) is 0 Å². The Bertz CT molecular complexity index is 336. The van der Waals surface area contributed by atoms with Crippen molar-refractivity contribution in [2.45, 2.75) is 19.8 Å². The molecule has 88 valence electrons. The number of carbonyl (C=O) groups excluding carboxylic acids is 1. The first-order valence-electron chi connectivity index (χ1n) is 5.53. The third-order valence-corrected chi connectivity index (χ3v) is 2.35. The van der Waals surface area contributed by atoms with Gasteiger partial charge in [0.1, 0.15) is 0 Å². The van der Waals surface area contributed by atoms with Crippen molar-refractivity contribution in [3.8, 4) is 0 Å². The third kappa shape index (κ3) is 4.94. The van der Waals surface area contributed by atoms with E-state index in [4.69, 9.17) is 4.74 Å². The molecule has 0 saturated heterocycles. The lowest BCUT2D eigenvalue weighted by atomic mass is 10.1. The van der Waals surface area contributed by atoms with E-state index in [2.05, 4.69) is 30.4 Å². The van der Waals surface area contributed by atoms with Gasteiger partial charge in [-0.05, 0) is 18.9 Å². The Morgan fingerprint density at radius 1 is 1.44 bits per heavy atom. The summed E-state index contributed by atoms with van der Waals surface area (Å²) in [7, 11) is 1.62. The molecule has 0 radical (unpaired) electrons. The van der Waals surface area contributed by atoms with Gasteiger partial charge in [-0.25, -0.2) is 0 Å². The van der Waals surface area contributed by atoms with Crippen molar-refractivity contribution in [1.29, 1.82) is 0 Å². The molecule has 0 aliphatic rings. The molecule has 16 heavy (non-hydrogen) atoms. The first kappa shape index (κ1) is 12.7. The van der Waals surface area contributed by atoms with Gasteiger partial charge in [0, 0.05) is 20.1 Å². The number of amides is 1. The highest BCUT2D eigenvalue weighted by molar-refractivity contribution is 5.76. The van der Waals surface area contributed by atoms with Crippen LogP contribution < -0.4 is 5.32 Å². The molecule has 1 aromatic carbocycles. The van der Waals surface area contributed by atoms with Crippen LogP contribution in [0.3, 0.4) is 0 Å². The predicted octanol–water partition coefficient (Wildman–Crippen LogP) is 1.69. The lowest BCUT2D eigenvalue weighted by Crippen LogP contribution is -2.27. The van der Waals surface area contributed by atoms with Gasteiger partial charge in [0.15, 0.2) is 0 Å². The first-order valence-corrected chi connectivity index (χ1v) is 5.53. The Morgan fingerprint density at radius 3 is 2.94 bits per heavy atom. The maximum atomic E-state index is 11.4. The maximum Gasteiger partial charge on any atom is 0.220 e. The van der Waals surface area contributed by atoms with Crippen LogP contribution in [0.1, 0.15) is 17.5 Å². The number of benzene rings is 1. The van der Waals surface area contributed by atoms with Crippen LogP contribution in [0.25, 0.3) is 0 Å². The fourth-order valence-corrected chi connectivity index (χ4v) is 1.51. The van der Waals surface area contributed by atoms with E-state index in [0.29, 0.717) is 19.6 Å². The highest BCUT2D eigenvalue weighted by atomic mass is 16.5. The Hall–Kier alpha value is -1.35. The molecule has 0 unspecified atom stereocenters. The lowest BCUT2D eigenvalue weighted by Gasteiger charge is -2.05. The molecule has 0 aromatic heterocycles. The van der Waals surface area contributed by atoms with Crippen molar-refractivity contribution in [3.05, 3.63) is 35.4 Å². The number of nitrogens with one attached hydrogen (secondary N) is 1. The van der Waals surface area contributed by atoms with Gasteiger partial charge in [0.05, 0.1) is 6.61 Å². The number of aryl methyl sites for hydroxylation is 2. The van der Waals surface area contributed by atoms with Crippen LogP contribution in [0.15, 0.2) is 24.3 Å². The van der Waals surface area contributed by atoms with Crippen molar-refractivity contribution in [2.24, 2.45) is 0 Å². The van der Waals surface area contributed by atoms with E-state index in [1.807, 2.05) is 6.07 Å². The van der Waals surface area contributed by atoms with E-state index < -0.39 is 0 Å². The topological polar surface area (TPSA) is 38.3 Å². The summed E-state index contributed by atoms with van der Waals surface area (Å²) in [5, 5.41) is 2.80. The Labute approximate surface area is 96.8 Å². The average Bonchev–Trinajstić information content (AvgIpc) is 2.27. The Morgan fingerprint density at radius 2 is 2.25 bits per heavy atom. The fraction of sp³-hybridized carbons (Fsp3) is 0.462. The zero-order valence-electron chi connectivity index (χ0n) is 9.95. The molecule has 3 nitrogen and oxygen atoms in total. The van der Waals surface area contributed by atoms with Gasteiger partial charge in [0.25, 0.3) is 0 Å². The summed E-state index contributed by atoms with van der Waals surface area (Å²) in [5.74, 6) is 0.0820. The second-order valence-corrected chi connectivity index (χ2v) is 3.83. The smallest absolute Gasteiger partial charge is 0.220 e. The molecule has 0 fully saturated rings.